The molecule has 0 bridgehead atoms. The van der Waals surface area contributed by atoms with Crippen molar-refractivity contribution in [1.82, 2.24) is 15.0 Å². The Morgan fingerprint density at radius 1 is 0.283 bits per heavy atom. The van der Waals surface area contributed by atoms with Gasteiger partial charge in [0.2, 0.25) is 0 Å². The fourth-order valence-electron chi connectivity index (χ4n) is 9.28. The van der Waals surface area contributed by atoms with Gasteiger partial charge in [-0.05, 0) is 97.0 Å². The van der Waals surface area contributed by atoms with Crippen LogP contribution in [-0.4, -0.2) is 54.2 Å². The van der Waals surface area contributed by atoms with E-state index in [4.69, 9.17) is 19.4 Å². The van der Waals surface area contributed by atoms with Crippen LogP contribution in [0.3, 0.4) is 0 Å². The standard InChI is InChI=1S/C51H36B5N3O/c52-44-43(45(53)47(55)48(56)46(44)54)30-11-8-12-31(23-30)50-57-49(27-9-2-1-3-10-27)58-51(59-50)32-19-22-42-40(26-32)39-25-29(18-21-41(39)60-42)28-17-20-37-35-15-5-4-13-33(35)34-14-6-7-16-36(34)38(37)24-28/h1-26H,52-56H2. The van der Waals surface area contributed by atoms with Gasteiger partial charge in [0.25, 0.3) is 0 Å². The van der Waals surface area contributed by atoms with Crippen molar-refractivity contribution in [2.45, 2.75) is 0 Å². The number of fused-ring (bicyclic) bond motifs is 9. The normalized spacial score (nSPS) is 11.7. The number of rotatable bonds is 5. The molecule has 0 saturated carbocycles. The molecule has 0 aliphatic carbocycles. The summed E-state index contributed by atoms with van der Waals surface area (Å²) >= 11 is 0. The van der Waals surface area contributed by atoms with Crippen LogP contribution < -0.4 is 27.3 Å². The van der Waals surface area contributed by atoms with Crippen LogP contribution in [0.2, 0.25) is 0 Å². The van der Waals surface area contributed by atoms with Crippen LogP contribution in [-0.2, 0) is 0 Å². The van der Waals surface area contributed by atoms with Crippen LogP contribution in [0.4, 0.5) is 0 Å². The monoisotopic (exact) mass is 761 g/mol. The Balaban J connectivity index is 1.05. The Hall–Kier alpha value is -7.11. The minimum Gasteiger partial charge on any atom is -0.456 e. The second-order valence-electron chi connectivity index (χ2n) is 16.1. The van der Waals surface area contributed by atoms with Gasteiger partial charge in [-0.25, -0.2) is 15.0 Å². The van der Waals surface area contributed by atoms with Crippen molar-refractivity contribution >= 4 is 121 Å². The zero-order chi connectivity index (χ0) is 40.6. The predicted molar refractivity (Wildman–Crippen MR) is 268 cm³/mol. The first-order chi connectivity index (χ1) is 29.3. The molecule has 9 aromatic carbocycles. The molecule has 0 aliphatic heterocycles. The van der Waals surface area contributed by atoms with Crippen LogP contribution in [0.1, 0.15) is 0 Å². The highest BCUT2D eigenvalue weighted by Crippen LogP contribution is 2.39. The molecule has 0 atom stereocenters. The molecule has 0 unspecified atom stereocenters. The zero-order valence-electron chi connectivity index (χ0n) is 34.3. The summed E-state index contributed by atoms with van der Waals surface area (Å²) in [5.74, 6) is 1.87. The number of hydrogen-bond acceptors (Lipinski definition) is 4. The highest BCUT2D eigenvalue weighted by Gasteiger charge is 2.18. The summed E-state index contributed by atoms with van der Waals surface area (Å²) in [4.78, 5) is 15.4. The van der Waals surface area contributed by atoms with Crippen molar-refractivity contribution in [3.63, 3.8) is 0 Å². The summed E-state index contributed by atoms with van der Waals surface area (Å²) in [5.41, 5.74) is 15.8. The molecule has 0 spiro atoms. The smallest absolute Gasteiger partial charge is 0.164 e. The average Bonchev–Trinajstić information content (AvgIpc) is 3.68. The first-order valence-electron chi connectivity index (χ1n) is 20.6. The van der Waals surface area contributed by atoms with Crippen molar-refractivity contribution in [3.05, 3.63) is 158 Å². The third-order valence-electron chi connectivity index (χ3n) is 12.9. The van der Waals surface area contributed by atoms with E-state index in [9.17, 15) is 0 Å². The molecule has 0 saturated heterocycles. The van der Waals surface area contributed by atoms with E-state index in [1.165, 1.54) is 65.2 Å². The summed E-state index contributed by atoms with van der Waals surface area (Å²) in [6.45, 7) is 0. The summed E-state index contributed by atoms with van der Waals surface area (Å²) in [7, 11) is 11.1. The molecule has 11 rings (SSSR count). The molecule has 60 heavy (non-hydrogen) atoms. The lowest BCUT2D eigenvalue weighted by Gasteiger charge is -2.20. The number of aromatic nitrogens is 3. The maximum absolute atomic E-state index is 6.44. The molecule has 0 N–H and O–H groups in total. The Morgan fingerprint density at radius 3 is 1.28 bits per heavy atom. The Kier molecular flexibility index (Phi) is 8.42. The van der Waals surface area contributed by atoms with Gasteiger partial charge in [0.05, 0.1) is 0 Å². The highest BCUT2D eigenvalue weighted by atomic mass is 16.3. The lowest BCUT2D eigenvalue weighted by Crippen LogP contribution is -2.55. The molecule has 0 radical (unpaired) electrons. The molecule has 2 aromatic heterocycles. The molecular formula is C51H36B5N3O. The van der Waals surface area contributed by atoms with E-state index in [0.717, 1.165) is 55.3 Å². The lowest BCUT2D eigenvalue weighted by molar-refractivity contribution is 0.669. The molecule has 0 amide bonds. The first kappa shape index (κ1) is 36.0. The van der Waals surface area contributed by atoms with Crippen LogP contribution in [0.5, 0.6) is 0 Å². The van der Waals surface area contributed by atoms with Crippen molar-refractivity contribution in [2.24, 2.45) is 0 Å². The number of nitrogens with zero attached hydrogens (tertiary/aromatic N) is 3. The molecule has 9 heteroatoms. The maximum atomic E-state index is 6.44. The molecule has 0 aliphatic rings. The summed E-state index contributed by atoms with van der Waals surface area (Å²) in [6.07, 6.45) is 0. The lowest BCUT2D eigenvalue weighted by atomic mass is 9.59. The predicted octanol–water partition coefficient (Wildman–Crippen LogP) is 4.86. The number of furan rings is 1. The first-order valence-corrected chi connectivity index (χ1v) is 20.6. The van der Waals surface area contributed by atoms with E-state index in [2.05, 4.69) is 173 Å². The highest BCUT2D eigenvalue weighted by molar-refractivity contribution is 6.68. The largest absolute Gasteiger partial charge is 0.456 e. The van der Waals surface area contributed by atoms with Gasteiger partial charge in [0.1, 0.15) is 50.4 Å². The fraction of sp³-hybridized carbons (Fsp3) is 0. The van der Waals surface area contributed by atoms with Gasteiger partial charge in [-0.3, -0.25) is 0 Å². The molecule has 0 fully saturated rings. The number of benzene rings is 9. The second kappa shape index (κ2) is 14.0. The van der Waals surface area contributed by atoms with E-state index >= 15 is 0 Å². The van der Waals surface area contributed by atoms with Gasteiger partial charge >= 0.3 is 0 Å². The molecular weight excluding hydrogens is 725 g/mol. The van der Waals surface area contributed by atoms with Crippen LogP contribution >= 0.6 is 0 Å². The Labute approximate surface area is 352 Å². The van der Waals surface area contributed by atoms with Crippen molar-refractivity contribution in [2.75, 3.05) is 0 Å². The average molecular weight is 761 g/mol. The minimum absolute atomic E-state index is 0.611. The quantitative estimate of drug-likeness (QED) is 0.186. The van der Waals surface area contributed by atoms with Gasteiger partial charge in [0, 0.05) is 27.5 Å². The molecule has 276 valence electrons. The Morgan fingerprint density at radius 2 is 0.683 bits per heavy atom. The maximum Gasteiger partial charge on any atom is 0.164 e. The SMILES string of the molecule is Bc1c(B)c(B)c(-c2cccc(-c3nc(-c4ccccc4)nc(-c4ccc5oc6ccc(-c7ccc8c9ccccc9c9ccccc9c8c7)cc6c5c4)n3)c2)c(B)c1B. The molecule has 2 heterocycles. The van der Waals surface area contributed by atoms with Gasteiger partial charge < -0.3 is 4.42 Å². The van der Waals surface area contributed by atoms with Gasteiger partial charge in [0.15, 0.2) is 17.5 Å². The van der Waals surface area contributed by atoms with E-state index < -0.39 is 0 Å². The third-order valence-corrected chi connectivity index (χ3v) is 12.9. The third kappa shape index (κ3) is 5.79. The summed E-state index contributed by atoms with van der Waals surface area (Å²) in [6, 6.07) is 55.9. The van der Waals surface area contributed by atoms with E-state index in [0.29, 0.717) is 17.5 Å². The van der Waals surface area contributed by atoms with Gasteiger partial charge in [-0.1, -0.05) is 126 Å². The van der Waals surface area contributed by atoms with Crippen LogP contribution in [0.25, 0.3) is 111 Å². The van der Waals surface area contributed by atoms with Crippen molar-refractivity contribution < 1.29 is 4.42 Å². The fourth-order valence-corrected chi connectivity index (χ4v) is 9.28. The molecule has 11 aromatic rings. The minimum atomic E-state index is 0.611. The molecule has 4 nitrogen and oxygen atoms in total. The summed E-state index contributed by atoms with van der Waals surface area (Å²) in [5, 5.41) is 9.66. The van der Waals surface area contributed by atoms with Gasteiger partial charge in [-0.2, -0.15) is 0 Å². The van der Waals surface area contributed by atoms with Gasteiger partial charge in [-0.15, -0.1) is 16.4 Å². The summed E-state index contributed by atoms with van der Waals surface area (Å²) < 4.78 is 6.44. The number of hydrogen-bond donors (Lipinski definition) is 0. The Bertz CT molecular complexity index is 3500. The second-order valence-corrected chi connectivity index (χ2v) is 16.1. The van der Waals surface area contributed by atoms with E-state index in [1.54, 1.807) is 0 Å². The van der Waals surface area contributed by atoms with E-state index in [-0.39, 0.29) is 0 Å². The van der Waals surface area contributed by atoms with Crippen molar-refractivity contribution in [3.8, 4) is 56.4 Å². The van der Waals surface area contributed by atoms with E-state index in [1.807, 2.05) is 24.3 Å². The van der Waals surface area contributed by atoms with Crippen LogP contribution in [0, 0.1) is 0 Å². The topological polar surface area (TPSA) is 51.8 Å². The van der Waals surface area contributed by atoms with Crippen LogP contribution in [0.15, 0.2) is 162 Å². The zero-order valence-corrected chi connectivity index (χ0v) is 34.3. The van der Waals surface area contributed by atoms with Crippen molar-refractivity contribution in [1.29, 1.82) is 0 Å².